The van der Waals surface area contributed by atoms with E-state index in [1.807, 2.05) is 0 Å². The highest BCUT2D eigenvalue weighted by molar-refractivity contribution is 5.99. The number of halogens is 2. The summed E-state index contributed by atoms with van der Waals surface area (Å²) < 4.78 is 36.1. The molecule has 0 heterocycles. The van der Waals surface area contributed by atoms with E-state index in [1.165, 1.54) is 19.1 Å². The fraction of sp³-hybridized carbons (Fsp3) is 0.176. The quantitative estimate of drug-likeness (QED) is 0.481. The number of rotatable bonds is 5. The third-order valence-corrected chi connectivity index (χ3v) is 3.57. The molecule has 1 N–H and O–H groups in total. The molecule has 0 spiro atoms. The van der Waals surface area contributed by atoms with E-state index in [9.17, 15) is 28.5 Å². The van der Waals surface area contributed by atoms with Crippen LogP contribution < -0.4 is 5.32 Å². The average Bonchev–Trinajstić information content (AvgIpc) is 2.61. The van der Waals surface area contributed by atoms with Gasteiger partial charge in [0.1, 0.15) is 6.61 Å². The smallest absolute Gasteiger partial charge is 0.411 e. The minimum Gasteiger partial charge on any atom is -0.465 e. The summed E-state index contributed by atoms with van der Waals surface area (Å²) >= 11 is 0. The Morgan fingerprint density at radius 3 is 2.52 bits per heavy atom. The fourth-order valence-corrected chi connectivity index (χ4v) is 2.32. The van der Waals surface area contributed by atoms with Crippen LogP contribution in [0.2, 0.25) is 0 Å². The van der Waals surface area contributed by atoms with E-state index < -0.39 is 40.8 Å². The number of methoxy groups -OCH3 is 1. The first-order valence-electron chi connectivity index (χ1n) is 7.48. The van der Waals surface area contributed by atoms with Gasteiger partial charge in [-0.05, 0) is 19.1 Å². The number of esters is 1. The number of nitro benzene ring substituents is 1. The molecule has 142 valence electrons. The maximum atomic E-state index is 13.4. The van der Waals surface area contributed by atoms with Crippen molar-refractivity contribution in [2.45, 2.75) is 13.5 Å². The Labute approximate surface area is 151 Å². The van der Waals surface area contributed by atoms with Crippen molar-refractivity contribution in [3.63, 3.8) is 0 Å². The zero-order valence-electron chi connectivity index (χ0n) is 14.2. The summed E-state index contributed by atoms with van der Waals surface area (Å²) in [5.41, 5.74) is -0.462. The van der Waals surface area contributed by atoms with Gasteiger partial charge in [-0.2, -0.15) is 0 Å². The minimum absolute atomic E-state index is 0.147. The van der Waals surface area contributed by atoms with Gasteiger partial charge in [-0.1, -0.05) is 12.1 Å². The summed E-state index contributed by atoms with van der Waals surface area (Å²) in [6.45, 7) is 1.09. The van der Waals surface area contributed by atoms with Gasteiger partial charge in [0, 0.05) is 11.6 Å². The summed E-state index contributed by atoms with van der Waals surface area (Å²) in [6, 6.07) is 5.67. The van der Waals surface area contributed by atoms with Crippen molar-refractivity contribution in [3.8, 4) is 0 Å². The van der Waals surface area contributed by atoms with E-state index in [-0.39, 0.29) is 16.9 Å². The lowest BCUT2D eigenvalue weighted by Crippen LogP contribution is -2.17. The third-order valence-electron chi connectivity index (χ3n) is 3.57. The summed E-state index contributed by atoms with van der Waals surface area (Å²) in [6.07, 6.45) is -1.12. The van der Waals surface area contributed by atoms with Gasteiger partial charge in [-0.3, -0.25) is 15.4 Å². The normalized spacial score (nSPS) is 10.2. The summed E-state index contributed by atoms with van der Waals surface area (Å²) in [5.74, 6) is -3.60. The fourth-order valence-electron chi connectivity index (χ4n) is 2.32. The molecular formula is C17H14F2N2O6. The van der Waals surface area contributed by atoms with Crippen molar-refractivity contribution in [1.82, 2.24) is 0 Å². The molecule has 2 aromatic rings. The van der Waals surface area contributed by atoms with Crippen molar-refractivity contribution < 1.29 is 32.8 Å². The predicted molar refractivity (Wildman–Crippen MR) is 89.3 cm³/mol. The molecule has 0 aliphatic rings. The van der Waals surface area contributed by atoms with Crippen molar-refractivity contribution in [3.05, 3.63) is 68.8 Å². The zero-order valence-corrected chi connectivity index (χ0v) is 14.2. The van der Waals surface area contributed by atoms with Crippen LogP contribution in [0.15, 0.2) is 30.3 Å². The first-order chi connectivity index (χ1) is 12.7. The molecule has 27 heavy (non-hydrogen) atoms. The molecule has 2 rings (SSSR count). The number of ether oxygens (including phenoxy) is 2. The number of para-hydroxylation sites is 1. The molecule has 0 unspecified atom stereocenters. The van der Waals surface area contributed by atoms with E-state index in [2.05, 4.69) is 10.1 Å². The highest BCUT2D eigenvalue weighted by Gasteiger charge is 2.21. The van der Waals surface area contributed by atoms with Crippen molar-refractivity contribution in [2.75, 3.05) is 12.4 Å². The van der Waals surface area contributed by atoms with E-state index in [0.29, 0.717) is 17.7 Å². The number of amides is 1. The van der Waals surface area contributed by atoms with Gasteiger partial charge in [0.05, 0.1) is 28.8 Å². The first-order valence-corrected chi connectivity index (χ1v) is 7.48. The number of carbonyl (C=O) groups is 2. The maximum absolute atomic E-state index is 13.4. The number of hydrogen-bond acceptors (Lipinski definition) is 6. The molecule has 0 aliphatic heterocycles. The van der Waals surface area contributed by atoms with E-state index in [4.69, 9.17) is 4.74 Å². The van der Waals surface area contributed by atoms with Crippen LogP contribution in [-0.4, -0.2) is 24.1 Å². The minimum atomic E-state index is -1.30. The Hall–Kier alpha value is -3.56. The summed E-state index contributed by atoms with van der Waals surface area (Å²) in [7, 11) is 1.03. The molecule has 1 amide bonds. The van der Waals surface area contributed by atoms with Crippen molar-refractivity contribution in [1.29, 1.82) is 0 Å². The molecule has 0 radical (unpaired) electrons. The summed E-state index contributed by atoms with van der Waals surface area (Å²) in [5, 5.41) is 13.2. The van der Waals surface area contributed by atoms with Gasteiger partial charge in [0.25, 0.3) is 5.69 Å². The monoisotopic (exact) mass is 380 g/mol. The SMILES string of the molecule is COC(=O)c1cc(F)c(F)cc1NC(=O)OCc1cccc(C)c1[N+](=O)[O-]. The second kappa shape index (κ2) is 8.21. The van der Waals surface area contributed by atoms with E-state index >= 15 is 0 Å². The number of benzene rings is 2. The summed E-state index contributed by atoms with van der Waals surface area (Å²) in [4.78, 5) is 34.1. The number of nitrogens with one attached hydrogen (secondary N) is 1. The Morgan fingerprint density at radius 1 is 1.22 bits per heavy atom. The molecule has 0 saturated carbocycles. The average molecular weight is 380 g/mol. The largest absolute Gasteiger partial charge is 0.465 e. The molecular weight excluding hydrogens is 366 g/mol. The van der Waals surface area contributed by atoms with Crippen LogP contribution >= 0.6 is 0 Å². The van der Waals surface area contributed by atoms with Crippen LogP contribution in [0.25, 0.3) is 0 Å². The van der Waals surface area contributed by atoms with Gasteiger partial charge in [0.15, 0.2) is 11.6 Å². The molecule has 0 fully saturated rings. The van der Waals surface area contributed by atoms with Crippen LogP contribution in [-0.2, 0) is 16.1 Å². The topological polar surface area (TPSA) is 108 Å². The molecule has 0 saturated heterocycles. The molecule has 0 bridgehead atoms. The highest BCUT2D eigenvalue weighted by Crippen LogP contribution is 2.24. The van der Waals surface area contributed by atoms with Gasteiger partial charge in [0.2, 0.25) is 0 Å². The van der Waals surface area contributed by atoms with Crippen LogP contribution in [0, 0.1) is 28.7 Å². The van der Waals surface area contributed by atoms with Gasteiger partial charge in [-0.25, -0.2) is 18.4 Å². The maximum Gasteiger partial charge on any atom is 0.411 e. The highest BCUT2D eigenvalue weighted by atomic mass is 19.2. The Balaban J connectivity index is 2.18. The zero-order chi connectivity index (χ0) is 20.1. The van der Waals surface area contributed by atoms with Crippen molar-refractivity contribution in [2.24, 2.45) is 0 Å². The molecule has 2 aromatic carbocycles. The van der Waals surface area contributed by atoms with Gasteiger partial charge >= 0.3 is 12.1 Å². The molecule has 0 aliphatic carbocycles. The standard InChI is InChI=1S/C17H14F2N2O6/c1-9-4-3-5-10(15(9)21(24)25)8-27-17(23)20-14-7-13(19)12(18)6-11(14)16(22)26-2/h3-7H,8H2,1-2H3,(H,20,23). The van der Waals surface area contributed by atoms with E-state index in [0.717, 1.165) is 7.11 Å². The Morgan fingerprint density at radius 2 is 1.89 bits per heavy atom. The molecule has 0 aromatic heterocycles. The second-order valence-corrected chi connectivity index (χ2v) is 5.34. The lowest BCUT2D eigenvalue weighted by molar-refractivity contribution is -0.386. The predicted octanol–water partition coefficient (Wildman–Crippen LogP) is 3.72. The number of carbonyl (C=O) groups excluding carboxylic acids is 2. The van der Waals surface area contributed by atoms with Crippen LogP contribution in [0.1, 0.15) is 21.5 Å². The molecule has 8 nitrogen and oxygen atoms in total. The Bertz CT molecular complexity index is 917. The van der Waals surface area contributed by atoms with Gasteiger partial charge in [-0.15, -0.1) is 0 Å². The first kappa shape index (κ1) is 19.8. The Kier molecular flexibility index (Phi) is 6.01. The number of nitro groups is 1. The van der Waals surface area contributed by atoms with Gasteiger partial charge < -0.3 is 9.47 Å². The number of nitrogens with zero attached hydrogens (tertiary/aromatic N) is 1. The lowest BCUT2D eigenvalue weighted by Gasteiger charge is -2.11. The number of aryl methyl sites for hydroxylation is 1. The second-order valence-electron chi connectivity index (χ2n) is 5.34. The third kappa shape index (κ3) is 4.54. The molecule has 0 atom stereocenters. The van der Waals surface area contributed by atoms with E-state index in [1.54, 1.807) is 6.07 Å². The lowest BCUT2D eigenvalue weighted by atomic mass is 10.1. The van der Waals surface area contributed by atoms with Crippen molar-refractivity contribution >= 4 is 23.4 Å². The van der Waals surface area contributed by atoms with Crippen LogP contribution in [0.5, 0.6) is 0 Å². The number of anilines is 1. The van der Waals surface area contributed by atoms with Crippen LogP contribution in [0.4, 0.5) is 25.0 Å². The van der Waals surface area contributed by atoms with Crippen LogP contribution in [0.3, 0.4) is 0 Å². The molecule has 10 heteroatoms. The number of hydrogen-bond donors (Lipinski definition) is 1.